The Morgan fingerprint density at radius 2 is 1.83 bits per heavy atom. The number of carbonyl (C=O) groups is 1. The molecular formula is C20H26ClN5O2S. The second kappa shape index (κ2) is 9.19. The number of anilines is 2. The summed E-state index contributed by atoms with van der Waals surface area (Å²) in [4.78, 5) is 24.4. The summed E-state index contributed by atoms with van der Waals surface area (Å²) in [5, 5.41) is 6.14. The number of amides is 2. The number of hydrogen-bond acceptors (Lipinski definition) is 6. The van der Waals surface area contributed by atoms with Gasteiger partial charge < -0.3 is 20.3 Å². The molecule has 1 aliphatic heterocycles. The van der Waals surface area contributed by atoms with Gasteiger partial charge in [-0.15, -0.1) is 11.8 Å². The lowest BCUT2D eigenvalue weighted by Gasteiger charge is -2.29. The van der Waals surface area contributed by atoms with Crippen LogP contribution in [0.25, 0.3) is 11.4 Å². The van der Waals surface area contributed by atoms with Gasteiger partial charge in [-0.2, -0.15) is 0 Å². The van der Waals surface area contributed by atoms with E-state index in [4.69, 9.17) is 21.3 Å². The Morgan fingerprint density at radius 3 is 2.41 bits per heavy atom. The number of morpholine rings is 1. The minimum atomic E-state index is -0.302. The molecule has 29 heavy (non-hydrogen) atoms. The molecule has 2 heterocycles. The molecule has 1 saturated heterocycles. The van der Waals surface area contributed by atoms with E-state index in [0.717, 1.165) is 29.4 Å². The Balaban J connectivity index is 1.83. The number of benzene rings is 1. The number of nitrogens with one attached hydrogen (secondary N) is 2. The minimum absolute atomic E-state index is 0.247. The zero-order valence-corrected chi connectivity index (χ0v) is 18.7. The summed E-state index contributed by atoms with van der Waals surface area (Å²) in [5.74, 6) is 1.39. The molecule has 1 aromatic carbocycles. The van der Waals surface area contributed by atoms with E-state index in [1.165, 1.54) is 11.8 Å². The van der Waals surface area contributed by atoms with Crippen LogP contribution in [0.5, 0.6) is 0 Å². The summed E-state index contributed by atoms with van der Waals surface area (Å²) in [5.41, 5.74) is 1.22. The Labute approximate surface area is 180 Å². The van der Waals surface area contributed by atoms with Gasteiger partial charge >= 0.3 is 6.03 Å². The predicted octanol–water partition coefficient (Wildman–Crippen LogP) is 4.28. The molecule has 1 fully saturated rings. The van der Waals surface area contributed by atoms with Crippen molar-refractivity contribution in [2.45, 2.75) is 31.2 Å². The number of hydrogen-bond donors (Lipinski definition) is 2. The van der Waals surface area contributed by atoms with Crippen LogP contribution >= 0.6 is 23.4 Å². The highest BCUT2D eigenvalue weighted by atomic mass is 35.5. The van der Waals surface area contributed by atoms with Crippen LogP contribution in [0.3, 0.4) is 0 Å². The van der Waals surface area contributed by atoms with E-state index in [1.54, 1.807) is 0 Å². The Morgan fingerprint density at radius 1 is 1.17 bits per heavy atom. The van der Waals surface area contributed by atoms with Crippen molar-refractivity contribution in [2.24, 2.45) is 0 Å². The first-order chi connectivity index (χ1) is 13.8. The van der Waals surface area contributed by atoms with Gasteiger partial charge in [-0.3, -0.25) is 0 Å². The van der Waals surface area contributed by atoms with Gasteiger partial charge in [0.15, 0.2) is 5.82 Å². The molecule has 1 aliphatic rings. The zero-order valence-electron chi connectivity index (χ0n) is 17.1. The third-order valence-corrected chi connectivity index (χ3v) is 5.38. The highest BCUT2D eigenvalue weighted by molar-refractivity contribution is 7.98. The van der Waals surface area contributed by atoms with Crippen molar-refractivity contribution in [3.8, 4) is 11.4 Å². The summed E-state index contributed by atoms with van der Waals surface area (Å²) < 4.78 is 5.45. The summed E-state index contributed by atoms with van der Waals surface area (Å²) in [6.45, 7) is 8.67. The van der Waals surface area contributed by atoms with Crippen molar-refractivity contribution in [3.05, 3.63) is 29.4 Å². The molecule has 1 aromatic heterocycles. The molecule has 7 nitrogen and oxygen atoms in total. The monoisotopic (exact) mass is 435 g/mol. The smallest absolute Gasteiger partial charge is 0.319 e. The highest BCUT2D eigenvalue weighted by Gasteiger charge is 2.21. The molecule has 2 amide bonds. The van der Waals surface area contributed by atoms with Crippen LogP contribution in [-0.4, -0.2) is 54.1 Å². The second-order valence-electron chi connectivity index (χ2n) is 7.70. The molecule has 0 atom stereocenters. The summed E-state index contributed by atoms with van der Waals surface area (Å²) in [6, 6.07) is 7.15. The van der Waals surface area contributed by atoms with E-state index in [1.807, 2.05) is 51.3 Å². The number of aromatic nitrogens is 2. The number of halogens is 1. The maximum Gasteiger partial charge on any atom is 0.319 e. The standard InChI is InChI=1S/C20H26ClN5O2S/c1-20(2,3)25-19(27)22-14-7-5-13(6-8-14)17-23-16(21)15(29-4)18(24-17)26-9-11-28-12-10-26/h5-8H,9-12H2,1-4H3,(H2,22,25,27). The molecule has 2 N–H and O–H groups in total. The fourth-order valence-corrected chi connectivity index (χ4v) is 3.88. The third-order valence-electron chi connectivity index (χ3n) is 4.21. The SMILES string of the molecule is CSc1c(Cl)nc(-c2ccc(NC(=O)NC(C)(C)C)cc2)nc1N1CCOCC1. The van der Waals surface area contributed by atoms with Crippen LogP contribution in [0.2, 0.25) is 5.15 Å². The van der Waals surface area contributed by atoms with Crippen LogP contribution in [0, 0.1) is 0 Å². The molecule has 3 rings (SSSR count). The number of ether oxygens (including phenoxy) is 1. The van der Waals surface area contributed by atoms with Crippen molar-refractivity contribution in [1.29, 1.82) is 0 Å². The lowest BCUT2D eigenvalue weighted by atomic mass is 10.1. The van der Waals surface area contributed by atoms with Gasteiger partial charge in [0, 0.05) is 29.9 Å². The van der Waals surface area contributed by atoms with E-state index < -0.39 is 0 Å². The number of carbonyl (C=O) groups excluding carboxylic acids is 1. The fraction of sp³-hybridized carbons (Fsp3) is 0.450. The molecule has 0 unspecified atom stereocenters. The van der Waals surface area contributed by atoms with Crippen LogP contribution in [0.15, 0.2) is 29.2 Å². The Kier molecular flexibility index (Phi) is 6.87. The Bertz CT molecular complexity index is 864. The summed E-state index contributed by atoms with van der Waals surface area (Å²) in [6.07, 6.45) is 1.97. The van der Waals surface area contributed by atoms with Crippen LogP contribution in [-0.2, 0) is 4.74 Å². The van der Waals surface area contributed by atoms with Gasteiger partial charge in [0.1, 0.15) is 11.0 Å². The predicted molar refractivity (Wildman–Crippen MR) is 119 cm³/mol. The molecule has 0 spiro atoms. The van der Waals surface area contributed by atoms with E-state index in [2.05, 4.69) is 20.5 Å². The summed E-state index contributed by atoms with van der Waals surface area (Å²) >= 11 is 8.01. The molecule has 9 heteroatoms. The zero-order chi connectivity index (χ0) is 21.0. The molecule has 0 saturated carbocycles. The average Bonchev–Trinajstić information content (AvgIpc) is 2.67. The van der Waals surface area contributed by atoms with Crippen molar-refractivity contribution in [2.75, 3.05) is 42.8 Å². The van der Waals surface area contributed by atoms with Gasteiger partial charge in [-0.1, -0.05) is 11.6 Å². The number of nitrogens with zero attached hydrogens (tertiary/aromatic N) is 3. The molecule has 0 bridgehead atoms. The first-order valence-corrected chi connectivity index (χ1v) is 11.0. The number of thioether (sulfide) groups is 1. The maximum absolute atomic E-state index is 12.0. The maximum atomic E-state index is 12.0. The van der Waals surface area contributed by atoms with Crippen molar-refractivity contribution >= 4 is 40.9 Å². The average molecular weight is 436 g/mol. The molecule has 156 valence electrons. The lowest BCUT2D eigenvalue weighted by Crippen LogP contribution is -2.43. The fourth-order valence-electron chi connectivity index (χ4n) is 2.91. The molecular weight excluding hydrogens is 410 g/mol. The molecule has 2 aromatic rings. The van der Waals surface area contributed by atoms with E-state index in [9.17, 15) is 4.79 Å². The van der Waals surface area contributed by atoms with Crippen LogP contribution < -0.4 is 15.5 Å². The first-order valence-electron chi connectivity index (χ1n) is 9.40. The quantitative estimate of drug-likeness (QED) is 0.551. The van der Waals surface area contributed by atoms with E-state index >= 15 is 0 Å². The van der Waals surface area contributed by atoms with Crippen LogP contribution in [0.1, 0.15) is 20.8 Å². The number of urea groups is 1. The van der Waals surface area contributed by atoms with Gasteiger partial charge in [-0.05, 0) is 51.3 Å². The van der Waals surface area contributed by atoms with Gasteiger partial charge in [-0.25, -0.2) is 14.8 Å². The lowest BCUT2D eigenvalue weighted by molar-refractivity contribution is 0.122. The minimum Gasteiger partial charge on any atom is -0.378 e. The third kappa shape index (κ3) is 5.74. The van der Waals surface area contributed by atoms with Gasteiger partial charge in [0.05, 0.1) is 18.1 Å². The van der Waals surface area contributed by atoms with Gasteiger partial charge in [0.2, 0.25) is 0 Å². The van der Waals surface area contributed by atoms with Crippen molar-refractivity contribution in [1.82, 2.24) is 15.3 Å². The van der Waals surface area contributed by atoms with Crippen LogP contribution in [0.4, 0.5) is 16.3 Å². The largest absolute Gasteiger partial charge is 0.378 e. The normalized spacial score (nSPS) is 14.6. The van der Waals surface area contributed by atoms with E-state index in [-0.39, 0.29) is 11.6 Å². The van der Waals surface area contributed by atoms with Gasteiger partial charge in [0.25, 0.3) is 0 Å². The molecule has 0 aliphatic carbocycles. The Hall–Kier alpha value is -2.03. The first kappa shape index (κ1) is 21.7. The van der Waals surface area contributed by atoms with E-state index in [0.29, 0.717) is 29.9 Å². The highest BCUT2D eigenvalue weighted by Crippen LogP contribution is 2.35. The summed E-state index contributed by atoms with van der Waals surface area (Å²) in [7, 11) is 0. The number of rotatable bonds is 4. The molecule has 0 radical (unpaired) electrons. The second-order valence-corrected chi connectivity index (χ2v) is 8.88. The van der Waals surface area contributed by atoms with Crippen molar-refractivity contribution < 1.29 is 9.53 Å². The van der Waals surface area contributed by atoms with Crippen molar-refractivity contribution in [3.63, 3.8) is 0 Å². The topological polar surface area (TPSA) is 79.4 Å².